The van der Waals surface area contributed by atoms with Crippen molar-refractivity contribution >= 4 is 12.2 Å². The summed E-state index contributed by atoms with van der Waals surface area (Å²) in [4.78, 5) is 0. The van der Waals surface area contributed by atoms with Crippen molar-refractivity contribution in [2.24, 2.45) is 0 Å². The van der Waals surface area contributed by atoms with Gasteiger partial charge in [-0.3, -0.25) is 0 Å². The van der Waals surface area contributed by atoms with Crippen LogP contribution in [0.1, 0.15) is 18.1 Å². The van der Waals surface area contributed by atoms with Crippen LogP contribution in [0.4, 0.5) is 0 Å². The molecule has 0 bridgehead atoms. The van der Waals surface area contributed by atoms with Crippen molar-refractivity contribution in [3.63, 3.8) is 0 Å². The van der Waals surface area contributed by atoms with E-state index in [1.165, 1.54) is 11.1 Å². The van der Waals surface area contributed by atoms with Gasteiger partial charge in [0.1, 0.15) is 0 Å². The predicted octanol–water partition coefficient (Wildman–Crippen LogP) is 1.95. The molecule has 0 saturated carbocycles. The average molecular weight is 220 g/mol. The molecule has 0 saturated heterocycles. The summed E-state index contributed by atoms with van der Waals surface area (Å²) in [7, 11) is 0. The summed E-state index contributed by atoms with van der Waals surface area (Å²) in [5.41, 5.74) is 2.53. The SMILES string of the molecule is CCc1ccc(Cn2[nH]nnc2=S)cc1. The molecule has 2 aromatic rings. The number of aromatic amines is 1. The minimum Gasteiger partial charge on any atom is -0.238 e. The molecule has 1 N–H and O–H groups in total. The molecule has 0 atom stereocenters. The first-order valence-electron chi connectivity index (χ1n) is 4.85. The molecule has 15 heavy (non-hydrogen) atoms. The van der Waals surface area contributed by atoms with Crippen LogP contribution in [-0.4, -0.2) is 20.2 Å². The Morgan fingerprint density at radius 2 is 1.93 bits per heavy atom. The molecular formula is C10H12N4S. The topological polar surface area (TPSA) is 46.5 Å². The molecule has 1 aromatic carbocycles. The second kappa shape index (κ2) is 4.35. The van der Waals surface area contributed by atoms with E-state index in [9.17, 15) is 0 Å². The van der Waals surface area contributed by atoms with Gasteiger partial charge in [0.25, 0.3) is 0 Å². The number of rotatable bonds is 3. The molecule has 0 fully saturated rings. The first kappa shape index (κ1) is 10.0. The van der Waals surface area contributed by atoms with Crippen molar-refractivity contribution < 1.29 is 0 Å². The molecule has 0 unspecified atom stereocenters. The summed E-state index contributed by atoms with van der Waals surface area (Å²) in [6.45, 7) is 2.83. The number of aromatic nitrogens is 4. The van der Waals surface area contributed by atoms with Crippen molar-refractivity contribution in [1.82, 2.24) is 20.2 Å². The molecule has 5 heteroatoms. The second-order valence-electron chi connectivity index (χ2n) is 3.34. The van der Waals surface area contributed by atoms with E-state index in [0.717, 1.165) is 6.42 Å². The Labute approximate surface area is 92.9 Å². The first-order valence-corrected chi connectivity index (χ1v) is 5.26. The van der Waals surface area contributed by atoms with Crippen molar-refractivity contribution in [3.05, 3.63) is 40.2 Å². The zero-order valence-electron chi connectivity index (χ0n) is 8.47. The number of aryl methyl sites for hydroxylation is 1. The van der Waals surface area contributed by atoms with Gasteiger partial charge in [-0.15, -0.1) is 0 Å². The van der Waals surface area contributed by atoms with Crippen molar-refractivity contribution in [3.8, 4) is 0 Å². The lowest BCUT2D eigenvalue weighted by Crippen LogP contribution is -2.02. The number of benzene rings is 1. The van der Waals surface area contributed by atoms with Gasteiger partial charge in [-0.25, -0.2) is 4.68 Å². The molecule has 0 aliphatic heterocycles. The van der Waals surface area contributed by atoms with Crippen LogP contribution in [0.5, 0.6) is 0 Å². The highest BCUT2D eigenvalue weighted by molar-refractivity contribution is 7.71. The molecule has 0 aliphatic carbocycles. The fraction of sp³-hybridized carbons (Fsp3) is 0.300. The Hall–Kier alpha value is -1.49. The van der Waals surface area contributed by atoms with Gasteiger partial charge in [0.2, 0.25) is 4.77 Å². The van der Waals surface area contributed by atoms with Crippen LogP contribution in [0.2, 0.25) is 0 Å². The van der Waals surface area contributed by atoms with Crippen molar-refractivity contribution in [2.75, 3.05) is 0 Å². The third-order valence-corrected chi connectivity index (χ3v) is 2.61. The quantitative estimate of drug-likeness (QED) is 0.804. The normalized spacial score (nSPS) is 10.5. The van der Waals surface area contributed by atoms with Gasteiger partial charge >= 0.3 is 0 Å². The molecule has 1 aromatic heterocycles. The third kappa shape index (κ3) is 2.30. The summed E-state index contributed by atoms with van der Waals surface area (Å²) in [5.74, 6) is 0. The maximum atomic E-state index is 4.99. The number of hydrogen-bond donors (Lipinski definition) is 1. The predicted molar refractivity (Wildman–Crippen MR) is 60.1 cm³/mol. The standard InChI is InChI=1S/C10H12N4S/c1-2-8-3-5-9(6-4-8)7-14-10(15)11-12-13-14/h3-6H,2,7H2,1H3,(H,11,13,15). The molecule has 0 spiro atoms. The molecule has 0 amide bonds. The molecule has 2 rings (SSSR count). The minimum atomic E-state index is 0.481. The largest absolute Gasteiger partial charge is 0.238 e. The maximum Gasteiger partial charge on any atom is 0.238 e. The monoisotopic (exact) mass is 220 g/mol. The van der Waals surface area contributed by atoms with Gasteiger partial charge in [-0.05, 0) is 29.8 Å². The van der Waals surface area contributed by atoms with E-state index in [1.807, 2.05) is 0 Å². The molecule has 0 radical (unpaired) electrons. The van der Waals surface area contributed by atoms with Crippen LogP contribution in [0.3, 0.4) is 0 Å². The van der Waals surface area contributed by atoms with Crippen LogP contribution in [0, 0.1) is 4.77 Å². The fourth-order valence-electron chi connectivity index (χ4n) is 1.38. The number of nitrogens with one attached hydrogen (secondary N) is 1. The van der Waals surface area contributed by atoms with Gasteiger partial charge in [-0.1, -0.05) is 41.5 Å². The first-order chi connectivity index (χ1) is 7.29. The summed E-state index contributed by atoms with van der Waals surface area (Å²) < 4.78 is 2.21. The van der Waals surface area contributed by atoms with Crippen molar-refractivity contribution in [2.45, 2.75) is 19.9 Å². The van der Waals surface area contributed by atoms with Gasteiger partial charge < -0.3 is 0 Å². The summed E-state index contributed by atoms with van der Waals surface area (Å²) >= 11 is 4.99. The van der Waals surface area contributed by atoms with Gasteiger partial charge in [0.05, 0.1) is 6.54 Å². The molecule has 0 aliphatic rings. The minimum absolute atomic E-state index is 0.481. The number of hydrogen-bond acceptors (Lipinski definition) is 3. The molecule has 1 heterocycles. The van der Waals surface area contributed by atoms with E-state index in [2.05, 4.69) is 46.7 Å². The Morgan fingerprint density at radius 1 is 1.27 bits per heavy atom. The van der Waals surface area contributed by atoms with E-state index < -0.39 is 0 Å². The van der Waals surface area contributed by atoms with Gasteiger partial charge in [0, 0.05) is 0 Å². The van der Waals surface area contributed by atoms with Crippen LogP contribution < -0.4 is 0 Å². The summed E-state index contributed by atoms with van der Waals surface area (Å²) in [6.07, 6.45) is 1.06. The smallest absolute Gasteiger partial charge is 0.238 e. The van der Waals surface area contributed by atoms with E-state index in [4.69, 9.17) is 12.2 Å². The van der Waals surface area contributed by atoms with E-state index in [0.29, 0.717) is 11.3 Å². The Morgan fingerprint density at radius 3 is 2.47 bits per heavy atom. The Kier molecular flexibility index (Phi) is 2.91. The number of nitrogens with zero attached hydrogens (tertiary/aromatic N) is 3. The molecule has 78 valence electrons. The lowest BCUT2D eigenvalue weighted by molar-refractivity contribution is 0.642. The lowest BCUT2D eigenvalue weighted by atomic mass is 10.1. The average Bonchev–Trinajstić information content (AvgIpc) is 2.66. The Bertz CT molecular complexity index is 483. The zero-order chi connectivity index (χ0) is 10.7. The van der Waals surface area contributed by atoms with E-state index in [1.54, 1.807) is 4.68 Å². The fourth-order valence-corrected chi connectivity index (χ4v) is 1.53. The Balaban J connectivity index is 2.18. The zero-order valence-corrected chi connectivity index (χ0v) is 9.29. The molecule has 4 nitrogen and oxygen atoms in total. The lowest BCUT2D eigenvalue weighted by Gasteiger charge is -2.02. The van der Waals surface area contributed by atoms with Gasteiger partial charge in [0.15, 0.2) is 0 Å². The van der Waals surface area contributed by atoms with Crippen molar-refractivity contribution in [1.29, 1.82) is 0 Å². The summed E-state index contributed by atoms with van der Waals surface area (Å²) in [5, 5.41) is 10.1. The maximum absolute atomic E-state index is 4.99. The van der Waals surface area contributed by atoms with E-state index >= 15 is 0 Å². The highest BCUT2D eigenvalue weighted by atomic mass is 32.1. The second-order valence-corrected chi connectivity index (χ2v) is 3.70. The highest BCUT2D eigenvalue weighted by Crippen LogP contribution is 2.06. The third-order valence-electron chi connectivity index (χ3n) is 2.30. The molecular weight excluding hydrogens is 208 g/mol. The number of H-pyrrole nitrogens is 1. The highest BCUT2D eigenvalue weighted by Gasteiger charge is 1.97. The van der Waals surface area contributed by atoms with Crippen LogP contribution in [-0.2, 0) is 13.0 Å². The van der Waals surface area contributed by atoms with Gasteiger partial charge in [-0.2, -0.15) is 5.21 Å². The van der Waals surface area contributed by atoms with Crippen LogP contribution >= 0.6 is 12.2 Å². The number of tetrazole rings is 1. The summed E-state index contributed by atoms with van der Waals surface area (Å²) in [6, 6.07) is 8.45. The van der Waals surface area contributed by atoms with Crippen LogP contribution in [0.25, 0.3) is 0 Å². The van der Waals surface area contributed by atoms with Crippen LogP contribution in [0.15, 0.2) is 24.3 Å². The van der Waals surface area contributed by atoms with E-state index in [-0.39, 0.29) is 0 Å².